The van der Waals surface area contributed by atoms with Crippen LogP contribution in [0.4, 0.5) is 0 Å². The first-order valence-corrected chi connectivity index (χ1v) is 9.29. The van der Waals surface area contributed by atoms with Crippen molar-refractivity contribution >= 4 is 13.1 Å². The van der Waals surface area contributed by atoms with Crippen LogP contribution in [0.25, 0.3) is 0 Å². The Hall–Kier alpha value is -0.220. The maximum Gasteiger partial charge on any atom is 0.399 e. The molecule has 0 atom stereocenters. The van der Waals surface area contributed by atoms with E-state index >= 15 is 0 Å². The topological polar surface area (TPSA) is 72.8 Å². The van der Waals surface area contributed by atoms with Crippen LogP contribution in [0.2, 0.25) is 0 Å². The summed E-state index contributed by atoms with van der Waals surface area (Å²) >= 11 is 0. The summed E-state index contributed by atoms with van der Waals surface area (Å²) in [4.78, 5) is 11.8. The molecule has 0 heterocycles. The quantitative estimate of drug-likeness (QED) is 0.761. The lowest BCUT2D eigenvalue weighted by atomic mass is 9.98. The summed E-state index contributed by atoms with van der Waals surface area (Å²) in [6, 6.07) is 0. The number of hydrogen-bond acceptors (Lipinski definition) is 5. The number of carbonyl (C=O) groups excluding carboxylic acids is 1. The predicted molar refractivity (Wildman–Crippen MR) is 75.6 cm³/mol. The first-order valence-electron chi connectivity index (χ1n) is 7.75. The summed E-state index contributed by atoms with van der Waals surface area (Å²) < 4.78 is 23.8. The van der Waals surface area contributed by atoms with Gasteiger partial charge in [-0.15, -0.1) is 0 Å². The largest absolute Gasteiger partial charge is 0.399 e. The van der Waals surface area contributed by atoms with Gasteiger partial charge in [-0.3, -0.25) is 18.4 Å². The summed E-state index contributed by atoms with van der Waals surface area (Å²) in [6.45, 7) is -0.781. The molecule has 0 radical (unpaired) electrons. The molecule has 6 heteroatoms. The monoisotopic (exact) mass is 304 g/mol. The third kappa shape index (κ3) is 4.39. The second-order valence-electron chi connectivity index (χ2n) is 5.78. The zero-order chi connectivity index (χ0) is 14.4. The van der Waals surface area contributed by atoms with E-state index in [4.69, 9.17) is 14.2 Å². The summed E-state index contributed by atoms with van der Waals surface area (Å²) in [6.07, 6.45) is 9.35. The highest BCUT2D eigenvalue weighted by Crippen LogP contribution is 2.53. The highest BCUT2D eigenvalue weighted by Gasteiger charge is 2.39. The number of hydrogen-bond donors (Lipinski definition) is 1. The molecule has 116 valence electrons. The lowest BCUT2D eigenvalue weighted by Crippen LogP contribution is -2.24. The molecule has 0 saturated heterocycles. The first kappa shape index (κ1) is 16.2. The van der Waals surface area contributed by atoms with Gasteiger partial charge in [0, 0.05) is 0 Å². The molecule has 2 aliphatic rings. The molecule has 2 fully saturated rings. The number of rotatable bonds is 6. The summed E-state index contributed by atoms with van der Waals surface area (Å²) in [5, 5.41) is 9.05. The predicted octanol–water partition coefficient (Wildman–Crippen LogP) is 3.40. The highest BCUT2D eigenvalue weighted by molar-refractivity contribution is 7.71. The minimum absolute atomic E-state index is 0.173. The summed E-state index contributed by atoms with van der Waals surface area (Å²) in [5.41, 5.74) is -0.798. The maximum atomic E-state index is 12.7. The Morgan fingerprint density at radius 1 is 0.900 bits per heavy atom. The van der Waals surface area contributed by atoms with Gasteiger partial charge in [-0.1, -0.05) is 38.5 Å². The van der Waals surface area contributed by atoms with Crippen molar-refractivity contribution in [2.24, 2.45) is 0 Å². The van der Waals surface area contributed by atoms with Crippen molar-refractivity contribution in [2.45, 2.75) is 76.4 Å². The third-order valence-corrected chi connectivity index (χ3v) is 6.02. The molecule has 2 rings (SSSR count). The van der Waals surface area contributed by atoms with Gasteiger partial charge < -0.3 is 5.11 Å². The third-order valence-electron chi connectivity index (χ3n) is 4.12. The molecule has 0 bridgehead atoms. The lowest BCUT2D eigenvalue weighted by Gasteiger charge is -2.30. The fourth-order valence-electron chi connectivity index (χ4n) is 2.96. The molecule has 5 nitrogen and oxygen atoms in total. The van der Waals surface area contributed by atoms with Crippen molar-refractivity contribution in [3.63, 3.8) is 0 Å². The molecule has 0 aromatic rings. The van der Waals surface area contributed by atoms with Crippen LogP contribution in [0.1, 0.15) is 64.2 Å². The van der Waals surface area contributed by atoms with Crippen LogP contribution < -0.4 is 0 Å². The normalized spacial score (nSPS) is 22.9. The lowest BCUT2D eigenvalue weighted by molar-refractivity contribution is -0.117. The van der Waals surface area contributed by atoms with E-state index in [0.29, 0.717) is 0 Å². The smallest absolute Gasteiger partial charge is 0.388 e. The van der Waals surface area contributed by atoms with E-state index in [0.717, 1.165) is 64.2 Å². The number of aliphatic hydroxyl groups is 1. The molecular formula is C14H25O5P. The van der Waals surface area contributed by atoms with Gasteiger partial charge in [0.15, 0.2) is 0 Å². The summed E-state index contributed by atoms with van der Waals surface area (Å²) in [5.74, 6) is 0. The Bertz CT molecular complexity index is 335. The molecule has 0 aromatic heterocycles. The Balaban J connectivity index is 1.99. The van der Waals surface area contributed by atoms with Gasteiger partial charge in [-0.25, -0.2) is 0 Å². The Labute approximate surface area is 120 Å². The Morgan fingerprint density at radius 2 is 1.30 bits per heavy atom. The van der Waals surface area contributed by atoms with Crippen molar-refractivity contribution < 1.29 is 23.5 Å². The standard InChI is InChI=1S/C14H25O5P/c15-11-14(16)20(17,18-12-7-3-1-4-8-12)19-13-9-5-2-6-10-13/h12-13,15H,1-11H2. The van der Waals surface area contributed by atoms with Crippen LogP contribution in [-0.2, 0) is 18.4 Å². The zero-order valence-electron chi connectivity index (χ0n) is 12.0. The van der Waals surface area contributed by atoms with E-state index in [1.807, 2.05) is 0 Å². The first-order chi connectivity index (χ1) is 9.64. The van der Waals surface area contributed by atoms with E-state index in [2.05, 4.69) is 0 Å². The van der Waals surface area contributed by atoms with Gasteiger partial charge in [-0.05, 0) is 25.7 Å². The van der Waals surface area contributed by atoms with Crippen molar-refractivity contribution in [3.05, 3.63) is 0 Å². The fourth-order valence-corrected chi connectivity index (χ4v) is 4.63. The van der Waals surface area contributed by atoms with E-state index in [1.54, 1.807) is 0 Å². The second kappa shape index (κ2) is 7.69. The molecule has 2 saturated carbocycles. The molecule has 0 unspecified atom stereocenters. The average Bonchev–Trinajstić information content (AvgIpc) is 2.48. The number of carbonyl (C=O) groups is 1. The molecule has 0 amide bonds. The van der Waals surface area contributed by atoms with Crippen LogP contribution in [-0.4, -0.2) is 29.4 Å². The van der Waals surface area contributed by atoms with Crippen LogP contribution in [0.5, 0.6) is 0 Å². The van der Waals surface area contributed by atoms with Crippen molar-refractivity contribution in [1.82, 2.24) is 0 Å². The van der Waals surface area contributed by atoms with Gasteiger partial charge in [0.25, 0.3) is 5.52 Å². The number of aliphatic hydroxyl groups excluding tert-OH is 1. The van der Waals surface area contributed by atoms with Gasteiger partial charge in [0.05, 0.1) is 12.2 Å². The van der Waals surface area contributed by atoms with E-state index in [-0.39, 0.29) is 12.2 Å². The van der Waals surface area contributed by atoms with E-state index < -0.39 is 19.7 Å². The van der Waals surface area contributed by atoms with Crippen LogP contribution >= 0.6 is 7.60 Å². The average molecular weight is 304 g/mol. The molecule has 0 aromatic carbocycles. The SMILES string of the molecule is O=C(CO)P(=O)(OC1CCCCC1)OC1CCCCC1. The minimum atomic E-state index is -3.84. The molecule has 0 spiro atoms. The molecule has 1 N–H and O–H groups in total. The molecular weight excluding hydrogens is 279 g/mol. The minimum Gasteiger partial charge on any atom is -0.388 e. The Kier molecular flexibility index (Phi) is 6.21. The fraction of sp³-hybridized carbons (Fsp3) is 0.929. The highest BCUT2D eigenvalue weighted by atomic mass is 31.2. The Morgan fingerprint density at radius 3 is 1.65 bits per heavy atom. The van der Waals surface area contributed by atoms with Crippen LogP contribution in [0.15, 0.2) is 0 Å². The van der Waals surface area contributed by atoms with Gasteiger partial charge in [0.2, 0.25) is 0 Å². The second-order valence-corrected chi connectivity index (χ2v) is 7.70. The van der Waals surface area contributed by atoms with Gasteiger partial charge >= 0.3 is 7.60 Å². The van der Waals surface area contributed by atoms with Crippen molar-refractivity contribution in [1.29, 1.82) is 0 Å². The van der Waals surface area contributed by atoms with Crippen LogP contribution in [0, 0.1) is 0 Å². The van der Waals surface area contributed by atoms with Crippen LogP contribution in [0.3, 0.4) is 0 Å². The van der Waals surface area contributed by atoms with E-state index in [9.17, 15) is 9.36 Å². The van der Waals surface area contributed by atoms with Gasteiger partial charge in [0.1, 0.15) is 6.61 Å². The maximum absolute atomic E-state index is 12.7. The molecule has 20 heavy (non-hydrogen) atoms. The molecule has 2 aliphatic carbocycles. The van der Waals surface area contributed by atoms with Crippen molar-refractivity contribution in [2.75, 3.05) is 6.61 Å². The zero-order valence-corrected chi connectivity index (χ0v) is 12.9. The summed E-state index contributed by atoms with van der Waals surface area (Å²) in [7, 11) is -3.84. The van der Waals surface area contributed by atoms with Crippen molar-refractivity contribution in [3.8, 4) is 0 Å². The molecule has 0 aliphatic heterocycles. The van der Waals surface area contributed by atoms with E-state index in [1.165, 1.54) is 0 Å². The van der Waals surface area contributed by atoms with Gasteiger partial charge in [-0.2, -0.15) is 0 Å².